The Labute approximate surface area is 314 Å². The number of nitrogens with zero attached hydrogens (tertiary/aromatic N) is 3. The van der Waals surface area contributed by atoms with Crippen molar-refractivity contribution in [2.24, 2.45) is 0 Å². The van der Waals surface area contributed by atoms with Gasteiger partial charge < -0.3 is 4.55 Å². The Bertz CT molecular complexity index is 2500. The number of thioether (sulfide) groups is 1. The van der Waals surface area contributed by atoms with Crippen molar-refractivity contribution in [3.63, 3.8) is 0 Å². The first-order valence-electron chi connectivity index (χ1n) is 17.9. The second-order valence-electron chi connectivity index (χ2n) is 13.7. The van der Waals surface area contributed by atoms with Gasteiger partial charge in [-0.1, -0.05) is 66.8 Å². The molecule has 13 heteroatoms. The number of aromatic nitrogens is 1. The summed E-state index contributed by atoms with van der Waals surface area (Å²) in [6, 6.07) is 24.5. The third-order valence-corrected chi connectivity index (χ3v) is 16.4. The van der Waals surface area contributed by atoms with Crippen LogP contribution >= 0.6 is 23.1 Å². The van der Waals surface area contributed by atoms with E-state index in [0.717, 1.165) is 58.0 Å². The number of quaternary nitrogens is 2. The number of allylic oxidation sites excluding steroid dienone is 2. The van der Waals surface area contributed by atoms with E-state index in [1.165, 1.54) is 0 Å². The molecule has 5 aromatic rings. The van der Waals surface area contributed by atoms with Crippen LogP contribution in [0.3, 0.4) is 0 Å². The van der Waals surface area contributed by atoms with Crippen LogP contribution in [0.15, 0.2) is 94.4 Å². The highest BCUT2D eigenvalue weighted by molar-refractivity contribution is 8.03. The summed E-state index contributed by atoms with van der Waals surface area (Å²) in [6.45, 7) is 10.6. The van der Waals surface area contributed by atoms with Gasteiger partial charge in [0.1, 0.15) is 17.7 Å². The molecule has 0 aliphatic carbocycles. The third-order valence-electron chi connectivity index (χ3n) is 11.6. The second kappa shape index (κ2) is 13.6. The number of rotatable bonds is 12. The largest absolute Gasteiger partial charge is 0.748 e. The molecule has 4 aromatic carbocycles. The van der Waals surface area contributed by atoms with E-state index >= 15 is 0 Å². The Morgan fingerprint density at radius 1 is 0.923 bits per heavy atom. The average Bonchev–Trinajstić information content (AvgIpc) is 3.65. The fourth-order valence-electron chi connectivity index (χ4n) is 8.99. The normalized spacial score (nSPS) is 21.8. The van der Waals surface area contributed by atoms with Crippen molar-refractivity contribution in [1.29, 1.82) is 0 Å². The molecule has 0 radical (unpaired) electrons. The highest BCUT2D eigenvalue weighted by Gasteiger charge is 2.82. The summed E-state index contributed by atoms with van der Waals surface area (Å²) in [5.41, 5.74) is 2.88. The predicted octanol–water partition coefficient (Wildman–Crippen LogP) is 8.00. The van der Waals surface area contributed by atoms with E-state index in [9.17, 15) is 25.9 Å². The summed E-state index contributed by atoms with van der Waals surface area (Å²) in [5.74, 6) is -0.456. The van der Waals surface area contributed by atoms with Crippen LogP contribution in [-0.2, 0) is 26.8 Å². The monoisotopic (exact) mass is 779 g/mol. The van der Waals surface area contributed by atoms with E-state index in [1.807, 2.05) is 57.2 Å². The molecule has 0 bridgehead atoms. The fraction of sp³-hybridized carbons (Fsp3) is 0.359. The first-order chi connectivity index (χ1) is 24.8. The van der Waals surface area contributed by atoms with Crippen LogP contribution in [0, 0.1) is 0 Å². The summed E-state index contributed by atoms with van der Waals surface area (Å²) in [5, 5.41) is 5.87. The quantitative estimate of drug-likeness (QED) is 0.0776. The smallest absolute Gasteiger partial charge is 0.378 e. The van der Waals surface area contributed by atoms with Gasteiger partial charge in [-0.2, -0.15) is 17.5 Å². The van der Waals surface area contributed by atoms with Gasteiger partial charge in [0, 0.05) is 29.7 Å². The van der Waals surface area contributed by atoms with E-state index < -0.39 is 31.0 Å². The third kappa shape index (κ3) is 5.58. The van der Waals surface area contributed by atoms with Crippen LogP contribution < -0.4 is 9.05 Å². The van der Waals surface area contributed by atoms with Crippen molar-refractivity contribution in [3.8, 4) is 0 Å². The first kappa shape index (κ1) is 37.2. The van der Waals surface area contributed by atoms with Crippen molar-refractivity contribution in [2.75, 3.05) is 31.9 Å². The minimum atomic E-state index is -4.63. The van der Waals surface area contributed by atoms with Gasteiger partial charge >= 0.3 is 15.1 Å². The molecular formula is C39H45N3O6S4+2. The summed E-state index contributed by atoms with van der Waals surface area (Å²) < 4.78 is 78.2. The lowest BCUT2D eigenvalue weighted by molar-refractivity contribution is -0.973. The molecule has 2 atom stereocenters. The van der Waals surface area contributed by atoms with Gasteiger partial charge in [-0.05, 0) is 79.6 Å². The van der Waals surface area contributed by atoms with Crippen LogP contribution in [0.1, 0.15) is 52.0 Å². The van der Waals surface area contributed by atoms with Crippen molar-refractivity contribution >= 4 is 86.9 Å². The zero-order valence-corrected chi connectivity index (χ0v) is 33.2. The topological polar surface area (TPSA) is 115 Å². The summed E-state index contributed by atoms with van der Waals surface area (Å²) in [6.07, 6.45) is 5.38. The summed E-state index contributed by atoms with van der Waals surface area (Å²) >= 11 is 3.19. The lowest BCUT2D eigenvalue weighted by Gasteiger charge is -2.62. The van der Waals surface area contributed by atoms with E-state index in [4.69, 9.17) is 0 Å². The Morgan fingerprint density at radius 3 is 2.15 bits per heavy atom. The van der Waals surface area contributed by atoms with Gasteiger partial charge in [0.2, 0.25) is 5.52 Å². The number of thiazole rings is 1. The molecule has 2 aliphatic rings. The summed E-state index contributed by atoms with van der Waals surface area (Å²) in [7, 11) is -9.02. The molecule has 0 saturated carbocycles. The van der Waals surface area contributed by atoms with E-state index in [1.54, 1.807) is 23.1 Å². The van der Waals surface area contributed by atoms with Crippen LogP contribution in [0.2, 0.25) is 0 Å². The lowest BCUT2D eigenvalue weighted by Crippen LogP contribution is -2.88. The fourth-order valence-corrected chi connectivity index (χ4v) is 14.0. The van der Waals surface area contributed by atoms with Gasteiger partial charge in [0.25, 0.3) is 5.01 Å². The number of fused-ring (bicyclic) bond motifs is 7. The molecule has 1 fully saturated rings. The zero-order chi connectivity index (χ0) is 37.1. The van der Waals surface area contributed by atoms with Gasteiger partial charge in [0.15, 0.2) is 17.3 Å². The molecule has 0 amide bonds. The maximum absolute atomic E-state index is 14.2. The Balaban J connectivity index is 1.48. The lowest BCUT2D eigenvalue weighted by atomic mass is 9.94. The number of hydrogen-bond acceptors (Lipinski definition) is 7. The van der Waals surface area contributed by atoms with Crippen LogP contribution in [0.4, 0.5) is 5.69 Å². The molecule has 52 heavy (non-hydrogen) atoms. The highest BCUT2D eigenvalue weighted by Crippen LogP contribution is 2.66. The highest BCUT2D eigenvalue weighted by atomic mass is 32.2. The van der Waals surface area contributed by atoms with Crippen LogP contribution in [-0.4, -0.2) is 67.4 Å². The zero-order valence-electron chi connectivity index (χ0n) is 29.9. The van der Waals surface area contributed by atoms with Crippen molar-refractivity contribution in [2.45, 2.75) is 63.4 Å². The SMILES string of the molecule is CCC(=Cc1sc2ccc3ccccc3c2[n+]1CCCS(=O)(=O)[O-])C=C1Sc2ccc3ccccc3c2[N+]12CCC2([N+](CC)(CC)CC)S(=O)(=O)O. The van der Waals surface area contributed by atoms with Gasteiger partial charge in [0.05, 0.1) is 40.0 Å². The molecule has 274 valence electrons. The van der Waals surface area contributed by atoms with Crippen molar-refractivity contribution in [3.05, 3.63) is 94.5 Å². The predicted molar refractivity (Wildman–Crippen MR) is 212 cm³/mol. The van der Waals surface area contributed by atoms with Gasteiger partial charge in [-0.15, -0.1) is 0 Å². The molecule has 3 heterocycles. The average molecular weight is 780 g/mol. The van der Waals surface area contributed by atoms with Crippen molar-refractivity contribution < 1.29 is 35.0 Å². The summed E-state index contributed by atoms with van der Waals surface area (Å²) in [4.78, 5) is -0.560. The number of hydrogen-bond donors (Lipinski definition) is 1. The van der Waals surface area contributed by atoms with E-state index in [-0.39, 0.29) is 15.4 Å². The minimum Gasteiger partial charge on any atom is -0.748 e. The van der Waals surface area contributed by atoms with Gasteiger partial charge in [-0.25, -0.2) is 8.42 Å². The standard InChI is InChI=1S/C39H44N3O6S4/c1-5-28(26-35-40(23-13-25-51(43,44)45)37-31-16-11-9-14-29(31)18-20-33(37)49-35)27-36-42(38-32-17-12-10-15-30(32)19-21-34(38)50-36)24-22-39(42,52(46,47)48)41(6-2,7-3)8-4/h9-12,14-21,26-27H,5-8,13,22-25H2,1-4H3/q+1/p+1. The molecule has 1 N–H and O–H groups in total. The number of aryl methyl sites for hydroxylation is 1. The maximum atomic E-state index is 14.2. The molecule has 1 saturated heterocycles. The van der Waals surface area contributed by atoms with Crippen LogP contribution in [0.5, 0.6) is 0 Å². The number of benzene rings is 4. The molecule has 7 rings (SSSR count). The Hall–Kier alpha value is -3.14. The van der Waals surface area contributed by atoms with Crippen LogP contribution in [0.25, 0.3) is 37.8 Å². The second-order valence-corrected chi connectivity index (χ2v) is 19.0. The molecule has 9 nitrogen and oxygen atoms in total. The maximum Gasteiger partial charge on any atom is 0.378 e. The molecular weight excluding hydrogens is 735 g/mol. The van der Waals surface area contributed by atoms with Crippen molar-refractivity contribution in [1.82, 2.24) is 4.48 Å². The van der Waals surface area contributed by atoms with E-state index in [0.29, 0.717) is 45.6 Å². The first-order valence-corrected chi connectivity index (χ1v) is 22.6. The van der Waals surface area contributed by atoms with E-state index in [2.05, 4.69) is 60.0 Å². The molecule has 1 spiro atoms. The Kier molecular flexibility index (Phi) is 9.74. The molecule has 2 unspecified atom stereocenters. The minimum absolute atomic E-state index is 0.0262. The molecule has 2 aliphatic heterocycles. The van der Waals surface area contributed by atoms with Gasteiger partial charge in [-0.3, -0.25) is 9.04 Å². The Morgan fingerprint density at radius 2 is 1.56 bits per heavy atom. The molecule has 1 aromatic heterocycles.